The van der Waals surface area contributed by atoms with Gasteiger partial charge >= 0.3 is 0 Å². The van der Waals surface area contributed by atoms with Crippen molar-refractivity contribution < 1.29 is 23.1 Å². The SMILES string of the molecule is CC.CC.CS(=O)(=O)c1cc(Oc2ccc(NC(=O)c3nn[nH]n3)cc2)ccc1O. The van der Waals surface area contributed by atoms with E-state index in [9.17, 15) is 18.3 Å². The van der Waals surface area contributed by atoms with Gasteiger partial charge in [-0.1, -0.05) is 27.7 Å². The van der Waals surface area contributed by atoms with Gasteiger partial charge in [0.2, 0.25) is 0 Å². The van der Waals surface area contributed by atoms with Crippen LogP contribution in [0.3, 0.4) is 0 Å². The van der Waals surface area contributed by atoms with Crippen LogP contribution >= 0.6 is 0 Å². The lowest BCUT2D eigenvalue weighted by molar-refractivity contribution is 0.101. The van der Waals surface area contributed by atoms with Crippen molar-refractivity contribution in [3.63, 3.8) is 0 Å². The van der Waals surface area contributed by atoms with E-state index >= 15 is 0 Å². The number of amides is 1. The van der Waals surface area contributed by atoms with E-state index < -0.39 is 15.7 Å². The lowest BCUT2D eigenvalue weighted by Crippen LogP contribution is -2.13. The van der Waals surface area contributed by atoms with Gasteiger partial charge in [0, 0.05) is 18.0 Å². The molecule has 0 bridgehead atoms. The topological polar surface area (TPSA) is 147 Å². The number of benzene rings is 2. The van der Waals surface area contributed by atoms with Crippen molar-refractivity contribution in [1.82, 2.24) is 20.6 Å². The molecule has 1 heterocycles. The molecule has 0 aliphatic heterocycles. The summed E-state index contributed by atoms with van der Waals surface area (Å²) in [5.74, 6) is -0.314. The molecule has 0 saturated heterocycles. The van der Waals surface area contributed by atoms with Crippen LogP contribution in [-0.4, -0.2) is 46.3 Å². The summed E-state index contributed by atoms with van der Waals surface area (Å²) in [6.07, 6.45) is 0.993. The van der Waals surface area contributed by atoms with Gasteiger partial charge in [-0.15, -0.1) is 10.2 Å². The van der Waals surface area contributed by atoms with Gasteiger partial charge in [-0.2, -0.15) is 5.21 Å². The molecule has 0 saturated carbocycles. The summed E-state index contributed by atoms with van der Waals surface area (Å²) in [6, 6.07) is 10.3. The molecule has 0 fully saturated rings. The number of H-pyrrole nitrogens is 1. The van der Waals surface area contributed by atoms with Crippen molar-refractivity contribution in [1.29, 1.82) is 0 Å². The van der Waals surface area contributed by atoms with E-state index in [0.29, 0.717) is 11.4 Å². The third kappa shape index (κ3) is 6.85. The Balaban J connectivity index is 0.00000106. The molecule has 1 aromatic heterocycles. The maximum atomic E-state index is 11.8. The lowest BCUT2D eigenvalue weighted by Gasteiger charge is -2.09. The zero-order valence-electron chi connectivity index (χ0n) is 17.4. The quantitative estimate of drug-likeness (QED) is 0.552. The molecule has 0 aliphatic carbocycles. The fraction of sp³-hybridized carbons (Fsp3) is 0.263. The highest BCUT2D eigenvalue weighted by molar-refractivity contribution is 7.90. The number of phenolic OH excluding ortho intramolecular Hbond substituents is 1. The molecule has 0 spiro atoms. The van der Waals surface area contributed by atoms with Gasteiger partial charge in [-0.05, 0) is 41.6 Å². The number of aromatic nitrogens is 4. The number of nitrogens with zero attached hydrogens (tertiary/aromatic N) is 3. The third-order valence-corrected chi connectivity index (χ3v) is 4.35. The molecule has 3 aromatic rings. The minimum Gasteiger partial charge on any atom is -0.507 e. The van der Waals surface area contributed by atoms with Gasteiger partial charge in [-0.3, -0.25) is 4.79 Å². The number of anilines is 1. The van der Waals surface area contributed by atoms with Crippen LogP contribution in [-0.2, 0) is 9.84 Å². The molecule has 0 unspecified atom stereocenters. The van der Waals surface area contributed by atoms with Crippen LogP contribution in [0.2, 0.25) is 0 Å². The molecular weight excluding hydrogens is 410 g/mol. The Bertz CT molecular complexity index is 1040. The Kier molecular flexibility index (Phi) is 9.43. The maximum absolute atomic E-state index is 11.8. The number of ether oxygens (including phenoxy) is 1. The summed E-state index contributed by atoms with van der Waals surface area (Å²) < 4.78 is 28.8. The number of aromatic amines is 1. The minimum absolute atomic E-state index is 0.0947. The molecule has 1 amide bonds. The first-order chi connectivity index (χ1) is 14.3. The number of sulfone groups is 1. The van der Waals surface area contributed by atoms with Crippen molar-refractivity contribution in [2.24, 2.45) is 0 Å². The molecule has 162 valence electrons. The van der Waals surface area contributed by atoms with Gasteiger partial charge in [0.25, 0.3) is 11.7 Å². The summed E-state index contributed by atoms with van der Waals surface area (Å²) in [5, 5.41) is 24.8. The summed E-state index contributed by atoms with van der Waals surface area (Å²) in [5.41, 5.74) is 0.481. The van der Waals surface area contributed by atoms with Crippen LogP contribution in [0.1, 0.15) is 38.3 Å². The van der Waals surface area contributed by atoms with Crippen molar-refractivity contribution >= 4 is 21.4 Å². The van der Waals surface area contributed by atoms with Gasteiger partial charge in [0.1, 0.15) is 22.1 Å². The zero-order valence-corrected chi connectivity index (χ0v) is 18.2. The number of hydrogen-bond donors (Lipinski definition) is 3. The first-order valence-corrected chi connectivity index (χ1v) is 11.1. The molecule has 3 rings (SSSR count). The largest absolute Gasteiger partial charge is 0.507 e. The number of aromatic hydroxyl groups is 1. The van der Waals surface area contributed by atoms with Crippen LogP contribution < -0.4 is 10.1 Å². The number of rotatable bonds is 5. The first kappa shape index (κ1) is 24.6. The number of hydrogen-bond acceptors (Lipinski definition) is 8. The highest BCUT2D eigenvalue weighted by Gasteiger charge is 2.15. The highest BCUT2D eigenvalue weighted by Crippen LogP contribution is 2.30. The summed E-state index contributed by atoms with van der Waals surface area (Å²) >= 11 is 0. The maximum Gasteiger partial charge on any atom is 0.297 e. The van der Waals surface area contributed by atoms with E-state index in [2.05, 4.69) is 25.9 Å². The number of carbonyl (C=O) groups excluding carboxylic acids is 1. The third-order valence-electron chi connectivity index (χ3n) is 3.23. The van der Waals surface area contributed by atoms with Crippen molar-refractivity contribution in [3.8, 4) is 17.2 Å². The Morgan fingerprint density at radius 1 is 1.03 bits per heavy atom. The molecule has 0 radical (unpaired) electrons. The molecule has 10 nitrogen and oxygen atoms in total. The van der Waals surface area contributed by atoms with E-state index in [0.717, 1.165) is 6.26 Å². The Hall–Kier alpha value is -3.47. The Morgan fingerprint density at radius 2 is 1.63 bits per heavy atom. The van der Waals surface area contributed by atoms with Gasteiger partial charge in [0.15, 0.2) is 9.84 Å². The van der Waals surface area contributed by atoms with E-state index in [1.165, 1.54) is 18.2 Å². The minimum atomic E-state index is -3.59. The average Bonchev–Trinajstić information content (AvgIpc) is 3.28. The highest BCUT2D eigenvalue weighted by atomic mass is 32.2. The van der Waals surface area contributed by atoms with Crippen LogP contribution in [0.25, 0.3) is 0 Å². The molecule has 0 atom stereocenters. The van der Waals surface area contributed by atoms with Gasteiger partial charge < -0.3 is 15.2 Å². The van der Waals surface area contributed by atoms with Gasteiger partial charge in [-0.25, -0.2) is 8.42 Å². The summed E-state index contributed by atoms with van der Waals surface area (Å²) in [6.45, 7) is 8.00. The zero-order chi connectivity index (χ0) is 22.7. The van der Waals surface area contributed by atoms with E-state index in [1.807, 2.05) is 27.7 Å². The predicted molar refractivity (Wildman–Crippen MR) is 113 cm³/mol. The molecule has 30 heavy (non-hydrogen) atoms. The molecule has 3 N–H and O–H groups in total. The number of phenols is 1. The molecule has 0 aliphatic rings. The van der Waals surface area contributed by atoms with Crippen LogP contribution in [0.15, 0.2) is 47.4 Å². The van der Waals surface area contributed by atoms with Crippen molar-refractivity contribution in [2.75, 3.05) is 11.6 Å². The number of nitrogens with one attached hydrogen (secondary N) is 2. The standard InChI is InChI=1S/C15H13N5O5S.2C2H6/c1-26(23,24)13-8-11(6-7-12(13)21)25-10-4-2-9(3-5-10)16-15(22)14-17-19-20-18-14;2*1-2/h2-8,21H,1H3,(H,16,22)(H,17,18,19,20);2*1-2H3. The monoisotopic (exact) mass is 435 g/mol. The normalized spacial score (nSPS) is 10.0. The first-order valence-electron chi connectivity index (χ1n) is 9.19. The van der Waals surface area contributed by atoms with Gasteiger partial charge in [0.05, 0.1) is 0 Å². The fourth-order valence-electron chi connectivity index (χ4n) is 2.04. The summed E-state index contributed by atoms with van der Waals surface area (Å²) in [4.78, 5) is 11.6. The van der Waals surface area contributed by atoms with Crippen molar-refractivity contribution in [2.45, 2.75) is 32.6 Å². The molecule has 2 aromatic carbocycles. The second kappa shape index (κ2) is 11.5. The fourth-order valence-corrected chi connectivity index (χ4v) is 2.82. The molecular formula is C19H25N5O5S. The summed E-state index contributed by atoms with van der Waals surface area (Å²) in [7, 11) is -3.59. The smallest absolute Gasteiger partial charge is 0.297 e. The lowest BCUT2D eigenvalue weighted by atomic mass is 10.3. The molecule has 11 heteroatoms. The van der Waals surface area contributed by atoms with Crippen molar-refractivity contribution in [3.05, 3.63) is 48.3 Å². The Morgan fingerprint density at radius 3 is 2.17 bits per heavy atom. The van der Waals surface area contributed by atoms with E-state index in [4.69, 9.17) is 4.74 Å². The number of tetrazole rings is 1. The van der Waals surface area contributed by atoms with Crippen LogP contribution in [0.5, 0.6) is 17.2 Å². The number of carbonyl (C=O) groups is 1. The van der Waals surface area contributed by atoms with Crippen LogP contribution in [0.4, 0.5) is 5.69 Å². The average molecular weight is 436 g/mol. The predicted octanol–water partition coefficient (Wildman–Crippen LogP) is 3.41. The van der Waals surface area contributed by atoms with E-state index in [1.54, 1.807) is 24.3 Å². The Labute approximate surface area is 175 Å². The van der Waals surface area contributed by atoms with E-state index in [-0.39, 0.29) is 22.2 Å². The van der Waals surface area contributed by atoms with Crippen LogP contribution in [0, 0.1) is 0 Å². The second-order valence-electron chi connectivity index (χ2n) is 5.22. The second-order valence-corrected chi connectivity index (χ2v) is 7.20.